The Kier molecular flexibility index (Phi) is 5.26. The van der Waals surface area contributed by atoms with Crippen LogP contribution in [0.4, 0.5) is 0 Å². The zero-order valence-electron chi connectivity index (χ0n) is 11.6. The van der Waals surface area contributed by atoms with E-state index in [0.29, 0.717) is 29.7 Å². The fourth-order valence-corrected chi connectivity index (χ4v) is 2.18. The molecular formula is C14H18ClN3O2. The summed E-state index contributed by atoms with van der Waals surface area (Å²) < 4.78 is 12.9. The maximum Gasteiger partial charge on any atom is 0.179 e. The quantitative estimate of drug-likeness (QED) is 0.852. The van der Waals surface area contributed by atoms with Gasteiger partial charge in [0, 0.05) is 18.9 Å². The molecule has 0 fully saturated rings. The van der Waals surface area contributed by atoms with Crippen LogP contribution in [-0.4, -0.2) is 30.5 Å². The van der Waals surface area contributed by atoms with E-state index in [1.165, 1.54) is 0 Å². The van der Waals surface area contributed by atoms with Crippen LogP contribution in [-0.2, 0) is 13.1 Å². The third-order valence-electron chi connectivity index (χ3n) is 2.80. The van der Waals surface area contributed by atoms with Gasteiger partial charge in [0.1, 0.15) is 6.61 Å². The molecule has 0 atom stereocenters. The van der Waals surface area contributed by atoms with Gasteiger partial charge in [-0.15, -0.1) is 0 Å². The summed E-state index contributed by atoms with van der Waals surface area (Å²) in [7, 11) is 3.49. The van der Waals surface area contributed by atoms with E-state index in [1.54, 1.807) is 18.0 Å². The molecule has 0 saturated heterocycles. The van der Waals surface area contributed by atoms with E-state index in [9.17, 15) is 0 Å². The van der Waals surface area contributed by atoms with Gasteiger partial charge < -0.3 is 14.8 Å². The van der Waals surface area contributed by atoms with Crippen LogP contribution in [0.25, 0.3) is 0 Å². The van der Waals surface area contributed by atoms with Crippen molar-refractivity contribution < 1.29 is 9.47 Å². The predicted octanol–water partition coefficient (Wildman–Crippen LogP) is 2.34. The number of benzene rings is 1. The molecule has 1 aromatic carbocycles. The summed E-state index contributed by atoms with van der Waals surface area (Å²) in [5, 5.41) is 7.74. The predicted molar refractivity (Wildman–Crippen MR) is 78.5 cm³/mol. The second-order valence-corrected chi connectivity index (χ2v) is 4.66. The van der Waals surface area contributed by atoms with Crippen LogP contribution < -0.4 is 14.8 Å². The molecule has 0 aliphatic rings. The lowest BCUT2D eigenvalue weighted by Gasteiger charge is -2.14. The molecule has 0 radical (unpaired) electrons. The maximum atomic E-state index is 6.25. The molecule has 5 nitrogen and oxygen atoms in total. The number of nitrogens with one attached hydrogen (secondary N) is 1. The van der Waals surface area contributed by atoms with Gasteiger partial charge in [-0.25, -0.2) is 0 Å². The van der Waals surface area contributed by atoms with Crippen LogP contribution >= 0.6 is 11.6 Å². The highest BCUT2D eigenvalue weighted by atomic mass is 35.5. The van der Waals surface area contributed by atoms with Gasteiger partial charge in [0.2, 0.25) is 0 Å². The molecule has 0 spiro atoms. The van der Waals surface area contributed by atoms with Gasteiger partial charge in [0.15, 0.2) is 11.5 Å². The van der Waals surface area contributed by atoms with E-state index in [1.807, 2.05) is 31.4 Å². The summed E-state index contributed by atoms with van der Waals surface area (Å²) in [6.45, 7) is 1.86. The maximum absolute atomic E-state index is 6.25. The standard InChI is InChI=1S/C14H18ClN3O2/c1-16-10-11-8-12(15)14(13(9-11)19-2)20-7-6-18-5-3-4-17-18/h3-5,8-9,16H,6-7,10H2,1-2H3. The molecule has 1 heterocycles. The van der Waals surface area contributed by atoms with E-state index in [-0.39, 0.29) is 0 Å². The van der Waals surface area contributed by atoms with Crippen molar-refractivity contribution in [2.24, 2.45) is 0 Å². The van der Waals surface area contributed by atoms with Gasteiger partial charge >= 0.3 is 0 Å². The van der Waals surface area contributed by atoms with Crippen molar-refractivity contribution in [2.45, 2.75) is 13.1 Å². The zero-order valence-corrected chi connectivity index (χ0v) is 12.4. The Morgan fingerprint density at radius 1 is 1.40 bits per heavy atom. The van der Waals surface area contributed by atoms with E-state index >= 15 is 0 Å². The summed E-state index contributed by atoms with van der Waals surface area (Å²) in [6, 6.07) is 5.68. The van der Waals surface area contributed by atoms with Gasteiger partial charge in [-0.2, -0.15) is 5.10 Å². The molecule has 0 amide bonds. The Morgan fingerprint density at radius 2 is 2.25 bits per heavy atom. The smallest absolute Gasteiger partial charge is 0.179 e. The Bertz CT molecular complexity index is 544. The summed E-state index contributed by atoms with van der Waals surface area (Å²) in [6.07, 6.45) is 3.62. The molecular weight excluding hydrogens is 278 g/mol. The van der Waals surface area contributed by atoms with Crippen molar-refractivity contribution >= 4 is 11.6 Å². The largest absolute Gasteiger partial charge is 0.493 e. The van der Waals surface area contributed by atoms with E-state index in [4.69, 9.17) is 21.1 Å². The second-order valence-electron chi connectivity index (χ2n) is 4.26. The highest BCUT2D eigenvalue weighted by molar-refractivity contribution is 6.32. The zero-order chi connectivity index (χ0) is 14.4. The van der Waals surface area contributed by atoms with Crippen molar-refractivity contribution in [1.29, 1.82) is 0 Å². The summed E-state index contributed by atoms with van der Waals surface area (Å²) in [5.74, 6) is 1.21. The molecule has 2 aromatic rings. The molecule has 0 saturated carbocycles. The number of halogens is 1. The van der Waals surface area contributed by atoms with Crippen LogP contribution in [0, 0.1) is 0 Å². The van der Waals surface area contributed by atoms with Crippen molar-refractivity contribution in [3.8, 4) is 11.5 Å². The molecule has 1 aromatic heterocycles. The lowest BCUT2D eigenvalue weighted by molar-refractivity contribution is 0.274. The van der Waals surface area contributed by atoms with Crippen LogP contribution in [0.5, 0.6) is 11.5 Å². The Balaban J connectivity index is 2.06. The number of aromatic nitrogens is 2. The van der Waals surface area contributed by atoms with Crippen LogP contribution in [0.3, 0.4) is 0 Å². The SMILES string of the molecule is CNCc1cc(Cl)c(OCCn2cccn2)c(OC)c1. The van der Waals surface area contributed by atoms with E-state index in [2.05, 4.69) is 10.4 Å². The number of methoxy groups -OCH3 is 1. The fourth-order valence-electron chi connectivity index (χ4n) is 1.89. The average molecular weight is 296 g/mol. The van der Waals surface area contributed by atoms with Crippen LogP contribution in [0.1, 0.15) is 5.56 Å². The highest BCUT2D eigenvalue weighted by Crippen LogP contribution is 2.36. The van der Waals surface area contributed by atoms with Crippen molar-refractivity contribution in [3.05, 3.63) is 41.2 Å². The van der Waals surface area contributed by atoms with Gasteiger partial charge in [0.05, 0.1) is 18.7 Å². The van der Waals surface area contributed by atoms with Gasteiger partial charge in [0.25, 0.3) is 0 Å². The van der Waals surface area contributed by atoms with E-state index < -0.39 is 0 Å². The van der Waals surface area contributed by atoms with E-state index in [0.717, 1.165) is 12.1 Å². The fraction of sp³-hybridized carbons (Fsp3) is 0.357. The summed E-state index contributed by atoms with van der Waals surface area (Å²) in [4.78, 5) is 0. The lowest BCUT2D eigenvalue weighted by Crippen LogP contribution is -2.10. The number of hydrogen-bond donors (Lipinski definition) is 1. The lowest BCUT2D eigenvalue weighted by atomic mass is 10.2. The van der Waals surface area contributed by atoms with Crippen LogP contribution in [0.15, 0.2) is 30.6 Å². The van der Waals surface area contributed by atoms with Crippen molar-refractivity contribution in [2.75, 3.05) is 20.8 Å². The molecule has 108 valence electrons. The summed E-state index contributed by atoms with van der Waals surface area (Å²) in [5.41, 5.74) is 1.05. The van der Waals surface area contributed by atoms with Crippen molar-refractivity contribution in [1.82, 2.24) is 15.1 Å². The second kappa shape index (κ2) is 7.17. The van der Waals surface area contributed by atoms with Gasteiger partial charge in [-0.3, -0.25) is 4.68 Å². The molecule has 20 heavy (non-hydrogen) atoms. The number of hydrogen-bond acceptors (Lipinski definition) is 4. The first-order valence-electron chi connectivity index (χ1n) is 6.36. The van der Waals surface area contributed by atoms with Gasteiger partial charge in [-0.05, 0) is 30.8 Å². The molecule has 0 bridgehead atoms. The average Bonchev–Trinajstić information content (AvgIpc) is 2.94. The minimum absolute atomic E-state index is 0.475. The first kappa shape index (κ1) is 14.7. The molecule has 0 aliphatic carbocycles. The third kappa shape index (κ3) is 3.65. The Morgan fingerprint density at radius 3 is 2.90 bits per heavy atom. The minimum Gasteiger partial charge on any atom is -0.493 e. The Labute approximate surface area is 123 Å². The first-order valence-corrected chi connectivity index (χ1v) is 6.73. The first-order chi connectivity index (χ1) is 9.74. The minimum atomic E-state index is 0.475. The number of nitrogens with zero attached hydrogens (tertiary/aromatic N) is 2. The van der Waals surface area contributed by atoms with Crippen molar-refractivity contribution in [3.63, 3.8) is 0 Å². The molecule has 1 N–H and O–H groups in total. The summed E-state index contributed by atoms with van der Waals surface area (Å²) >= 11 is 6.25. The number of rotatable bonds is 7. The topological polar surface area (TPSA) is 48.3 Å². The Hall–Kier alpha value is -1.72. The number of ether oxygens (including phenoxy) is 2. The highest BCUT2D eigenvalue weighted by Gasteiger charge is 2.11. The monoisotopic (exact) mass is 295 g/mol. The molecule has 2 rings (SSSR count). The normalized spacial score (nSPS) is 10.6. The van der Waals surface area contributed by atoms with Gasteiger partial charge in [-0.1, -0.05) is 11.6 Å². The molecule has 0 unspecified atom stereocenters. The molecule has 0 aliphatic heterocycles. The van der Waals surface area contributed by atoms with Crippen LogP contribution in [0.2, 0.25) is 5.02 Å². The molecule has 6 heteroatoms. The third-order valence-corrected chi connectivity index (χ3v) is 3.08.